The summed E-state index contributed by atoms with van der Waals surface area (Å²) in [5.41, 5.74) is 4.52. The fraction of sp³-hybridized carbons (Fsp3) is 0.455. The monoisotopic (exact) mass is 284 g/mol. The van der Waals surface area contributed by atoms with Crippen LogP contribution in [0.4, 0.5) is 5.13 Å². The van der Waals surface area contributed by atoms with Crippen LogP contribution < -0.4 is 16.2 Å². The molecule has 0 spiro atoms. The van der Waals surface area contributed by atoms with E-state index in [0.29, 0.717) is 18.0 Å². The van der Waals surface area contributed by atoms with E-state index in [2.05, 4.69) is 21.2 Å². The predicted molar refractivity (Wildman–Crippen MR) is 71.2 cm³/mol. The summed E-state index contributed by atoms with van der Waals surface area (Å²) < 4.78 is 0. The molecule has 0 atom stereocenters. The Labute approximate surface area is 114 Å². The van der Waals surface area contributed by atoms with Crippen molar-refractivity contribution < 1.29 is 14.4 Å². The van der Waals surface area contributed by atoms with Crippen LogP contribution in [0.25, 0.3) is 0 Å². The third kappa shape index (κ3) is 6.51. The summed E-state index contributed by atoms with van der Waals surface area (Å²) >= 11 is 1.30. The molecule has 0 bridgehead atoms. The minimum Gasteiger partial charge on any atom is -0.302 e. The third-order valence-corrected chi connectivity index (χ3v) is 2.76. The van der Waals surface area contributed by atoms with Crippen molar-refractivity contribution in [3.05, 3.63) is 11.6 Å². The molecule has 0 aromatic carbocycles. The molecule has 0 saturated heterocycles. The van der Waals surface area contributed by atoms with Crippen LogP contribution in [-0.2, 0) is 14.4 Å². The number of amides is 3. The second-order valence-electron chi connectivity index (χ2n) is 3.73. The van der Waals surface area contributed by atoms with Gasteiger partial charge in [-0.25, -0.2) is 4.98 Å². The van der Waals surface area contributed by atoms with Crippen LogP contribution in [0, 0.1) is 0 Å². The first kappa shape index (κ1) is 15.1. The number of carbonyl (C=O) groups excluding carboxylic acids is 3. The Hall–Kier alpha value is -1.96. The maximum Gasteiger partial charge on any atom is 0.238 e. The lowest BCUT2D eigenvalue weighted by atomic mass is 10.3. The van der Waals surface area contributed by atoms with E-state index in [1.54, 1.807) is 11.6 Å². The largest absolute Gasteiger partial charge is 0.302 e. The first-order valence-electron chi connectivity index (χ1n) is 5.89. The number of hydrogen-bond donors (Lipinski definition) is 3. The highest BCUT2D eigenvalue weighted by atomic mass is 32.1. The first-order valence-corrected chi connectivity index (χ1v) is 6.76. The number of aromatic nitrogens is 1. The maximum absolute atomic E-state index is 11.4. The lowest BCUT2D eigenvalue weighted by Gasteiger charge is -2.06. The number of rotatable bonds is 6. The number of thiazole rings is 1. The molecule has 0 aliphatic rings. The van der Waals surface area contributed by atoms with Crippen LogP contribution in [0.1, 0.15) is 32.6 Å². The fourth-order valence-corrected chi connectivity index (χ4v) is 1.73. The standard InChI is InChI=1S/C11H16N4O3S/c1-2-3-9(17)14-15-10(18)5-4-8(16)13-11-12-6-7-19-11/h6-7H,2-5H2,1H3,(H,14,17)(H,15,18)(H,12,13,16). The maximum atomic E-state index is 11.4. The molecule has 0 unspecified atom stereocenters. The molecule has 1 aromatic heterocycles. The van der Waals surface area contributed by atoms with Crippen molar-refractivity contribution in [3.8, 4) is 0 Å². The van der Waals surface area contributed by atoms with Crippen LogP contribution in [0.3, 0.4) is 0 Å². The lowest BCUT2D eigenvalue weighted by Crippen LogP contribution is -2.41. The van der Waals surface area contributed by atoms with Gasteiger partial charge < -0.3 is 5.32 Å². The Bertz CT molecular complexity index is 433. The smallest absolute Gasteiger partial charge is 0.238 e. The van der Waals surface area contributed by atoms with Gasteiger partial charge in [0.05, 0.1) is 0 Å². The van der Waals surface area contributed by atoms with Gasteiger partial charge in [0.25, 0.3) is 0 Å². The average Bonchev–Trinajstić information content (AvgIpc) is 2.87. The second-order valence-corrected chi connectivity index (χ2v) is 4.63. The van der Waals surface area contributed by atoms with E-state index < -0.39 is 5.91 Å². The molecule has 0 fully saturated rings. The Morgan fingerprint density at radius 3 is 2.32 bits per heavy atom. The zero-order valence-corrected chi connectivity index (χ0v) is 11.4. The molecule has 104 valence electrons. The molecule has 0 aliphatic carbocycles. The summed E-state index contributed by atoms with van der Waals surface area (Å²) in [5, 5.41) is 4.81. The van der Waals surface area contributed by atoms with Crippen molar-refractivity contribution >= 4 is 34.2 Å². The predicted octanol–water partition coefficient (Wildman–Crippen LogP) is 0.809. The van der Waals surface area contributed by atoms with E-state index in [4.69, 9.17) is 0 Å². The van der Waals surface area contributed by atoms with Gasteiger partial charge in [0.2, 0.25) is 17.7 Å². The molecule has 1 rings (SSSR count). The van der Waals surface area contributed by atoms with Crippen molar-refractivity contribution in [1.29, 1.82) is 0 Å². The Morgan fingerprint density at radius 2 is 1.74 bits per heavy atom. The molecular formula is C11H16N4O3S. The Kier molecular flexibility index (Phi) is 6.51. The lowest BCUT2D eigenvalue weighted by molar-refractivity contribution is -0.129. The van der Waals surface area contributed by atoms with E-state index >= 15 is 0 Å². The van der Waals surface area contributed by atoms with Gasteiger partial charge in [-0.05, 0) is 6.42 Å². The Morgan fingerprint density at radius 1 is 1.11 bits per heavy atom. The van der Waals surface area contributed by atoms with Gasteiger partial charge in [-0.2, -0.15) is 0 Å². The highest BCUT2D eigenvalue weighted by molar-refractivity contribution is 7.13. The minimum absolute atomic E-state index is 0.00358. The first-order chi connectivity index (χ1) is 9.11. The van der Waals surface area contributed by atoms with E-state index in [0.717, 1.165) is 0 Å². The second kappa shape index (κ2) is 8.20. The number of nitrogens with zero attached hydrogens (tertiary/aromatic N) is 1. The van der Waals surface area contributed by atoms with Gasteiger partial charge in [-0.15, -0.1) is 11.3 Å². The van der Waals surface area contributed by atoms with Gasteiger partial charge >= 0.3 is 0 Å². The highest BCUT2D eigenvalue weighted by Gasteiger charge is 2.08. The summed E-state index contributed by atoms with van der Waals surface area (Å²) in [4.78, 5) is 37.8. The summed E-state index contributed by atoms with van der Waals surface area (Å²) in [6, 6.07) is 0. The van der Waals surface area contributed by atoms with Crippen LogP contribution in [0.2, 0.25) is 0 Å². The fourth-order valence-electron chi connectivity index (χ4n) is 1.19. The zero-order valence-electron chi connectivity index (χ0n) is 10.6. The number of carbonyl (C=O) groups is 3. The van der Waals surface area contributed by atoms with Gasteiger partial charge in [-0.3, -0.25) is 25.2 Å². The number of nitrogens with one attached hydrogen (secondary N) is 3. The number of hydrazine groups is 1. The van der Waals surface area contributed by atoms with Crippen LogP contribution in [-0.4, -0.2) is 22.7 Å². The molecule has 0 radical (unpaired) electrons. The van der Waals surface area contributed by atoms with E-state index in [1.165, 1.54) is 11.3 Å². The molecule has 3 amide bonds. The molecule has 0 aliphatic heterocycles. The van der Waals surface area contributed by atoms with Gasteiger partial charge in [0.1, 0.15) is 0 Å². The number of hydrogen-bond acceptors (Lipinski definition) is 5. The van der Waals surface area contributed by atoms with Crippen LogP contribution >= 0.6 is 11.3 Å². The SMILES string of the molecule is CCCC(=O)NNC(=O)CCC(=O)Nc1nccs1. The summed E-state index contributed by atoms with van der Waals surface area (Å²) in [5.74, 6) is -0.938. The van der Waals surface area contributed by atoms with E-state index in [1.807, 2.05) is 6.92 Å². The molecular weight excluding hydrogens is 268 g/mol. The number of anilines is 1. The van der Waals surface area contributed by atoms with Crippen molar-refractivity contribution in [3.63, 3.8) is 0 Å². The van der Waals surface area contributed by atoms with E-state index in [9.17, 15) is 14.4 Å². The summed E-state index contributed by atoms with van der Waals surface area (Å²) in [6.07, 6.45) is 2.68. The summed E-state index contributed by atoms with van der Waals surface area (Å²) in [7, 11) is 0. The van der Waals surface area contributed by atoms with E-state index in [-0.39, 0.29) is 24.7 Å². The van der Waals surface area contributed by atoms with Gasteiger partial charge in [-0.1, -0.05) is 6.92 Å². The third-order valence-electron chi connectivity index (χ3n) is 2.08. The normalized spacial score (nSPS) is 9.74. The Balaban J connectivity index is 2.15. The quantitative estimate of drug-likeness (QED) is 0.673. The molecule has 3 N–H and O–H groups in total. The molecule has 7 nitrogen and oxygen atoms in total. The zero-order chi connectivity index (χ0) is 14.1. The van der Waals surface area contributed by atoms with Crippen molar-refractivity contribution in [2.24, 2.45) is 0 Å². The summed E-state index contributed by atoms with van der Waals surface area (Å²) in [6.45, 7) is 1.87. The average molecular weight is 284 g/mol. The van der Waals surface area contributed by atoms with Gasteiger partial charge in [0.15, 0.2) is 5.13 Å². The molecule has 1 heterocycles. The van der Waals surface area contributed by atoms with Crippen molar-refractivity contribution in [2.45, 2.75) is 32.6 Å². The van der Waals surface area contributed by atoms with Crippen LogP contribution in [0.5, 0.6) is 0 Å². The topological polar surface area (TPSA) is 100 Å². The van der Waals surface area contributed by atoms with Crippen LogP contribution in [0.15, 0.2) is 11.6 Å². The molecule has 19 heavy (non-hydrogen) atoms. The van der Waals surface area contributed by atoms with Crippen molar-refractivity contribution in [1.82, 2.24) is 15.8 Å². The molecule has 0 saturated carbocycles. The molecule has 8 heteroatoms. The molecule has 1 aromatic rings. The van der Waals surface area contributed by atoms with Gasteiger partial charge in [0, 0.05) is 30.8 Å². The minimum atomic E-state index is -0.404. The van der Waals surface area contributed by atoms with Crippen molar-refractivity contribution in [2.75, 3.05) is 5.32 Å². The highest BCUT2D eigenvalue weighted by Crippen LogP contribution is 2.10.